The molecule has 0 bridgehead atoms. The molecular formula is C26H30ClFN6O4S. The van der Waals surface area contributed by atoms with Gasteiger partial charge < -0.3 is 25.6 Å². The number of hydrogen-bond donors (Lipinski definition) is 4. The molecule has 0 radical (unpaired) electrons. The monoisotopic (exact) mass is 576 g/mol. The molecule has 2 aromatic carbocycles. The Kier molecular flexibility index (Phi) is 10.4. The zero-order valence-corrected chi connectivity index (χ0v) is 22.7. The van der Waals surface area contributed by atoms with Crippen molar-refractivity contribution in [3.05, 3.63) is 58.9 Å². The third-order valence-corrected chi connectivity index (χ3v) is 7.47. The van der Waals surface area contributed by atoms with Crippen LogP contribution in [-0.4, -0.2) is 73.2 Å². The maximum absolute atomic E-state index is 13.6. The summed E-state index contributed by atoms with van der Waals surface area (Å²) in [6.45, 7) is 2.72. The Morgan fingerprint density at radius 1 is 1.15 bits per heavy atom. The van der Waals surface area contributed by atoms with Crippen LogP contribution >= 0.6 is 22.9 Å². The van der Waals surface area contributed by atoms with Crippen molar-refractivity contribution in [2.45, 2.75) is 25.4 Å². The predicted molar refractivity (Wildman–Crippen MR) is 148 cm³/mol. The zero-order chi connectivity index (χ0) is 27.6. The van der Waals surface area contributed by atoms with Crippen LogP contribution in [0.2, 0.25) is 5.02 Å². The average Bonchev–Trinajstić information content (AvgIpc) is 3.35. The first-order valence-electron chi connectivity index (χ1n) is 12.6. The van der Waals surface area contributed by atoms with Gasteiger partial charge in [-0.2, -0.15) is 0 Å². The molecule has 0 saturated carbocycles. The lowest BCUT2D eigenvalue weighted by Gasteiger charge is -2.28. The first kappa shape index (κ1) is 28.7. The Morgan fingerprint density at radius 2 is 1.95 bits per heavy atom. The van der Waals surface area contributed by atoms with Crippen LogP contribution in [0.1, 0.15) is 18.4 Å². The van der Waals surface area contributed by atoms with Crippen molar-refractivity contribution in [1.29, 1.82) is 0 Å². The highest BCUT2D eigenvalue weighted by Gasteiger charge is 2.21. The molecule has 1 aliphatic rings. The number of anilines is 1. The molecule has 1 atom stereocenters. The molecule has 1 saturated heterocycles. The molecule has 10 nitrogen and oxygen atoms in total. The number of hydrogen-bond acceptors (Lipinski definition) is 8. The quantitative estimate of drug-likeness (QED) is 0.276. The molecule has 1 aromatic heterocycles. The summed E-state index contributed by atoms with van der Waals surface area (Å²) < 4.78 is 19.9. The number of halogens is 2. The van der Waals surface area contributed by atoms with Crippen LogP contribution in [0.15, 0.2) is 42.5 Å². The number of piperazine rings is 1. The number of nitrogens with zero attached hydrogens (tertiary/aromatic N) is 2. The van der Waals surface area contributed by atoms with Gasteiger partial charge in [0.05, 0.1) is 27.8 Å². The van der Waals surface area contributed by atoms with Crippen LogP contribution in [0.25, 0.3) is 10.2 Å². The predicted octanol–water partition coefficient (Wildman–Crippen LogP) is 3.12. The molecule has 2 heterocycles. The number of thiazole rings is 1. The van der Waals surface area contributed by atoms with Crippen molar-refractivity contribution in [2.75, 3.05) is 44.6 Å². The number of ether oxygens (including phenoxy) is 1. The van der Waals surface area contributed by atoms with Gasteiger partial charge >= 0.3 is 6.09 Å². The lowest BCUT2D eigenvalue weighted by molar-refractivity contribution is -0.132. The van der Waals surface area contributed by atoms with E-state index in [0.29, 0.717) is 30.2 Å². The van der Waals surface area contributed by atoms with E-state index < -0.39 is 18.0 Å². The van der Waals surface area contributed by atoms with E-state index in [1.807, 2.05) is 24.3 Å². The average molecular weight is 577 g/mol. The van der Waals surface area contributed by atoms with Crippen LogP contribution in [-0.2, 0) is 20.9 Å². The molecule has 3 amide bonds. The standard InChI is InChI=1S/C26H30ClFN6O4S/c27-24-17(4-3-5-19(24)28)14-30-15-22(35)31-18(8-9-23(36)34-12-10-29-11-13-34)16-38-26(37)33-25-32-20-6-1-2-7-21(20)39-25/h1-7,18,29-30H,8-16H2,(H,31,35)(H,32,33,37)/t18-/m0/s1. The Morgan fingerprint density at radius 3 is 2.74 bits per heavy atom. The van der Waals surface area contributed by atoms with Gasteiger partial charge in [0.1, 0.15) is 12.4 Å². The van der Waals surface area contributed by atoms with Crippen molar-refractivity contribution in [3.63, 3.8) is 0 Å². The Hall–Kier alpha value is -3.32. The summed E-state index contributed by atoms with van der Waals surface area (Å²) in [6, 6.07) is 11.4. The number of nitrogens with one attached hydrogen (secondary N) is 4. The molecule has 4 rings (SSSR count). The van der Waals surface area contributed by atoms with Gasteiger partial charge in [0.15, 0.2) is 5.13 Å². The third kappa shape index (κ3) is 8.59. The van der Waals surface area contributed by atoms with Gasteiger partial charge in [0, 0.05) is 39.1 Å². The van der Waals surface area contributed by atoms with E-state index in [-0.39, 0.29) is 43.0 Å². The highest BCUT2D eigenvalue weighted by atomic mass is 35.5. The molecule has 0 aliphatic carbocycles. The highest BCUT2D eigenvalue weighted by Crippen LogP contribution is 2.25. The minimum atomic E-state index is -0.708. The van der Waals surface area contributed by atoms with E-state index in [0.717, 1.165) is 23.3 Å². The van der Waals surface area contributed by atoms with Crippen molar-refractivity contribution in [3.8, 4) is 0 Å². The van der Waals surface area contributed by atoms with E-state index in [1.165, 1.54) is 17.4 Å². The summed E-state index contributed by atoms with van der Waals surface area (Å²) >= 11 is 7.29. The molecule has 0 unspecified atom stereocenters. The molecule has 1 fully saturated rings. The van der Waals surface area contributed by atoms with E-state index in [4.69, 9.17) is 16.3 Å². The van der Waals surface area contributed by atoms with Crippen LogP contribution in [0.4, 0.5) is 14.3 Å². The van der Waals surface area contributed by atoms with Gasteiger partial charge in [-0.05, 0) is 30.2 Å². The summed E-state index contributed by atoms with van der Waals surface area (Å²) in [5.74, 6) is -0.915. The fourth-order valence-electron chi connectivity index (χ4n) is 4.07. The number of rotatable bonds is 11. The third-order valence-electron chi connectivity index (χ3n) is 6.09. The van der Waals surface area contributed by atoms with E-state index >= 15 is 0 Å². The number of para-hydroxylation sites is 1. The van der Waals surface area contributed by atoms with E-state index in [2.05, 4.69) is 26.3 Å². The number of aromatic nitrogens is 1. The molecule has 39 heavy (non-hydrogen) atoms. The molecule has 1 aliphatic heterocycles. The lowest BCUT2D eigenvalue weighted by atomic mass is 10.1. The Labute approximate surface area is 234 Å². The first-order valence-corrected chi connectivity index (χ1v) is 13.8. The van der Waals surface area contributed by atoms with Gasteiger partial charge in [0.2, 0.25) is 11.8 Å². The molecule has 0 spiro atoms. The maximum Gasteiger partial charge on any atom is 0.413 e. The van der Waals surface area contributed by atoms with Gasteiger partial charge in [-0.1, -0.05) is 47.2 Å². The minimum absolute atomic E-state index is 0.00208. The van der Waals surface area contributed by atoms with Crippen LogP contribution < -0.4 is 21.3 Å². The van der Waals surface area contributed by atoms with Crippen molar-refractivity contribution in [1.82, 2.24) is 25.8 Å². The van der Waals surface area contributed by atoms with Crippen molar-refractivity contribution < 1.29 is 23.5 Å². The van der Waals surface area contributed by atoms with Gasteiger partial charge in [0.25, 0.3) is 0 Å². The summed E-state index contributed by atoms with van der Waals surface area (Å²) in [5.41, 5.74) is 1.29. The second kappa shape index (κ2) is 14.2. The smallest absolute Gasteiger partial charge is 0.413 e. The van der Waals surface area contributed by atoms with Crippen LogP contribution in [0.5, 0.6) is 0 Å². The molecular weight excluding hydrogens is 547 g/mol. The summed E-state index contributed by atoms with van der Waals surface area (Å²) in [6.07, 6.45) is -0.223. The molecule has 3 aromatic rings. The Balaban J connectivity index is 1.29. The topological polar surface area (TPSA) is 125 Å². The fourth-order valence-corrected chi connectivity index (χ4v) is 5.11. The largest absolute Gasteiger partial charge is 0.447 e. The normalized spacial score (nSPS) is 14.2. The second-order valence-corrected chi connectivity index (χ2v) is 10.4. The Bertz CT molecular complexity index is 1270. The summed E-state index contributed by atoms with van der Waals surface area (Å²) in [4.78, 5) is 43.8. The molecule has 208 valence electrons. The fraction of sp³-hybridized carbons (Fsp3) is 0.385. The van der Waals surface area contributed by atoms with E-state index in [1.54, 1.807) is 17.0 Å². The minimum Gasteiger partial charge on any atom is -0.447 e. The number of carbonyl (C=O) groups is 3. The van der Waals surface area contributed by atoms with Gasteiger partial charge in [-0.15, -0.1) is 0 Å². The molecule has 4 N–H and O–H groups in total. The highest BCUT2D eigenvalue weighted by molar-refractivity contribution is 7.22. The van der Waals surface area contributed by atoms with Gasteiger partial charge in [-0.25, -0.2) is 14.2 Å². The van der Waals surface area contributed by atoms with Crippen LogP contribution in [0, 0.1) is 5.82 Å². The number of fused-ring (bicyclic) bond motifs is 1. The van der Waals surface area contributed by atoms with Crippen molar-refractivity contribution in [2.24, 2.45) is 0 Å². The summed E-state index contributed by atoms with van der Waals surface area (Å²) in [5, 5.41) is 12.0. The van der Waals surface area contributed by atoms with Crippen molar-refractivity contribution >= 4 is 56.2 Å². The maximum atomic E-state index is 13.6. The molecule has 13 heteroatoms. The number of amides is 3. The zero-order valence-electron chi connectivity index (χ0n) is 21.2. The lowest BCUT2D eigenvalue weighted by Crippen LogP contribution is -2.47. The summed E-state index contributed by atoms with van der Waals surface area (Å²) in [7, 11) is 0. The van der Waals surface area contributed by atoms with Gasteiger partial charge in [-0.3, -0.25) is 14.9 Å². The SMILES string of the molecule is O=C(CNCc1cccc(F)c1Cl)N[C@@H](CCC(=O)N1CCNCC1)COC(=O)Nc1nc2ccccc2s1. The number of benzene rings is 2. The van der Waals surface area contributed by atoms with Crippen LogP contribution in [0.3, 0.4) is 0 Å². The first-order chi connectivity index (χ1) is 18.9. The van der Waals surface area contributed by atoms with E-state index in [9.17, 15) is 18.8 Å². The second-order valence-electron chi connectivity index (χ2n) is 8.96. The number of carbonyl (C=O) groups excluding carboxylic acids is 3.